The fraction of sp³-hybridized carbons (Fsp3) is 0. The largest absolute Gasteiger partial charge is 0.248 e. The number of benzene rings is 2. The average molecular weight is 233 g/mol. The number of hydrogen-bond acceptors (Lipinski definition) is 1. The lowest BCUT2D eigenvalue weighted by molar-refractivity contribution is 1.37. The number of pyridine rings is 1. The van der Waals surface area contributed by atoms with E-state index in [1.807, 2.05) is 60.7 Å². The average Bonchev–Trinajstić information content (AvgIpc) is 2.49. The Morgan fingerprint density at radius 1 is 0.722 bits per heavy atom. The molecular formula is C17H15N. The van der Waals surface area contributed by atoms with Gasteiger partial charge in [-0.05, 0) is 18.2 Å². The second kappa shape index (κ2) is 6.36. The summed E-state index contributed by atoms with van der Waals surface area (Å²) in [7, 11) is 0. The highest BCUT2D eigenvalue weighted by Gasteiger charge is 1.92. The molecule has 0 atom stereocenters. The van der Waals surface area contributed by atoms with E-state index in [-0.39, 0.29) is 0 Å². The summed E-state index contributed by atoms with van der Waals surface area (Å²) >= 11 is 0. The SMILES string of the molecule is C=Cc1ccc2ccccc2n1.c1ccccc1. The molecule has 1 heterocycles. The fourth-order valence-corrected chi connectivity index (χ4v) is 1.58. The van der Waals surface area contributed by atoms with Gasteiger partial charge < -0.3 is 0 Å². The summed E-state index contributed by atoms with van der Waals surface area (Å²) in [6.45, 7) is 3.68. The molecule has 0 N–H and O–H groups in total. The van der Waals surface area contributed by atoms with Gasteiger partial charge in [-0.3, -0.25) is 0 Å². The predicted molar refractivity (Wildman–Crippen MR) is 78.3 cm³/mol. The Bertz CT molecular complexity index is 588. The zero-order valence-corrected chi connectivity index (χ0v) is 10.2. The number of fused-ring (bicyclic) bond motifs is 1. The molecule has 0 saturated heterocycles. The van der Waals surface area contributed by atoms with E-state index in [0.717, 1.165) is 11.2 Å². The molecule has 1 heteroatoms. The molecule has 0 spiro atoms. The van der Waals surface area contributed by atoms with Crippen LogP contribution in [0.5, 0.6) is 0 Å². The first-order chi connectivity index (χ1) is 8.90. The van der Waals surface area contributed by atoms with Gasteiger partial charge in [-0.25, -0.2) is 4.98 Å². The van der Waals surface area contributed by atoms with E-state index in [2.05, 4.69) is 23.7 Å². The quantitative estimate of drug-likeness (QED) is 0.600. The van der Waals surface area contributed by atoms with E-state index in [9.17, 15) is 0 Å². The molecule has 3 rings (SSSR count). The lowest BCUT2D eigenvalue weighted by Gasteiger charge is -1.96. The van der Waals surface area contributed by atoms with Crippen LogP contribution in [0.1, 0.15) is 5.69 Å². The van der Waals surface area contributed by atoms with Crippen LogP contribution in [0.3, 0.4) is 0 Å². The van der Waals surface area contributed by atoms with Crippen LogP contribution in [0, 0.1) is 0 Å². The Kier molecular flexibility index (Phi) is 4.26. The Morgan fingerprint density at radius 2 is 1.33 bits per heavy atom. The highest BCUT2D eigenvalue weighted by atomic mass is 14.7. The van der Waals surface area contributed by atoms with Crippen molar-refractivity contribution in [2.45, 2.75) is 0 Å². The van der Waals surface area contributed by atoms with Crippen molar-refractivity contribution in [2.24, 2.45) is 0 Å². The summed E-state index contributed by atoms with van der Waals surface area (Å²) < 4.78 is 0. The van der Waals surface area contributed by atoms with Gasteiger partial charge in [-0.15, -0.1) is 0 Å². The van der Waals surface area contributed by atoms with Gasteiger partial charge in [0.05, 0.1) is 11.2 Å². The van der Waals surface area contributed by atoms with Crippen molar-refractivity contribution >= 4 is 17.0 Å². The molecule has 0 unspecified atom stereocenters. The molecule has 1 nitrogen and oxygen atoms in total. The second-order valence-electron chi connectivity index (χ2n) is 3.79. The molecular weight excluding hydrogens is 218 g/mol. The minimum atomic E-state index is 0.925. The van der Waals surface area contributed by atoms with Gasteiger partial charge in [-0.2, -0.15) is 0 Å². The minimum Gasteiger partial charge on any atom is -0.248 e. The predicted octanol–water partition coefficient (Wildman–Crippen LogP) is 4.56. The van der Waals surface area contributed by atoms with Crippen LogP contribution in [-0.4, -0.2) is 4.98 Å². The lowest BCUT2D eigenvalue weighted by Crippen LogP contribution is -1.81. The Morgan fingerprint density at radius 3 is 1.94 bits per heavy atom. The van der Waals surface area contributed by atoms with Gasteiger partial charge in [0.1, 0.15) is 0 Å². The molecule has 0 aliphatic heterocycles. The van der Waals surface area contributed by atoms with Gasteiger partial charge in [0, 0.05) is 5.39 Å². The van der Waals surface area contributed by atoms with Crippen molar-refractivity contribution < 1.29 is 0 Å². The maximum Gasteiger partial charge on any atom is 0.0709 e. The highest BCUT2D eigenvalue weighted by molar-refractivity contribution is 5.79. The summed E-state index contributed by atoms with van der Waals surface area (Å²) in [5.41, 5.74) is 1.95. The summed E-state index contributed by atoms with van der Waals surface area (Å²) in [6, 6.07) is 24.1. The third-order valence-corrected chi connectivity index (χ3v) is 2.50. The topological polar surface area (TPSA) is 12.9 Å². The molecule has 88 valence electrons. The summed E-state index contributed by atoms with van der Waals surface area (Å²) in [5, 5.41) is 1.17. The van der Waals surface area contributed by atoms with Crippen molar-refractivity contribution in [1.82, 2.24) is 4.98 Å². The number of hydrogen-bond donors (Lipinski definition) is 0. The van der Waals surface area contributed by atoms with Crippen LogP contribution >= 0.6 is 0 Å². The van der Waals surface area contributed by atoms with Crippen LogP contribution in [-0.2, 0) is 0 Å². The molecule has 0 amide bonds. The van der Waals surface area contributed by atoms with Gasteiger partial charge >= 0.3 is 0 Å². The van der Waals surface area contributed by atoms with Crippen LogP contribution in [0.4, 0.5) is 0 Å². The zero-order chi connectivity index (χ0) is 12.6. The monoisotopic (exact) mass is 233 g/mol. The molecule has 0 saturated carbocycles. The summed E-state index contributed by atoms with van der Waals surface area (Å²) in [6.07, 6.45) is 1.76. The van der Waals surface area contributed by atoms with E-state index in [0.29, 0.717) is 0 Å². The first-order valence-electron chi connectivity index (χ1n) is 5.88. The second-order valence-corrected chi connectivity index (χ2v) is 3.79. The number of rotatable bonds is 1. The third kappa shape index (κ3) is 3.29. The molecule has 0 radical (unpaired) electrons. The third-order valence-electron chi connectivity index (χ3n) is 2.50. The normalized spacial score (nSPS) is 9.33. The van der Waals surface area contributed by atoms with Crippen LogP contribution in [0.15, 0.2) is 79.4 Å². The van der Waals surface area contributed by atoms with Gasteiger partial charge in [0.2, 0.25) is 0 Å². The molecule has 1 aromatic heterocycles. The van der Waals surface area contributed by atoms with Gasteiger partial charge in [0.25, 0.3) is 0 Å². The molecule has 18 heavy (non-hydrogen) atoms. The molecule has 3 aromatic rings. The van der Waals surface area contributed by atoms with Crippen LogP contribution in [0.25, 0.3) is 17.0 Å². The maximum absolute atomic E-state index is 4.38. The van der Waals surface area contributed by atoms with E-state index >= 15 is 0 Å². The number of aromatic nitrogens is 1. The minimum absolute atomic E-state index is 0.925. The molecule has 0 fully saturated rings. The number of nitrogens with zero attached hydrogens (tertiary/aromatic N) is 1. The Labute approximate surface area is 107 Å². The Hall–Kier alpha value is -2.41. The zero-order valence-electron chi connectivity index (χ0n) is 10.2. The van der Waals surface area contributed by atoms with Crippen molar-refractivity contribution in [3.63, 3.8) is 0 Å². The first kappa shape index (κ1) is 12.1. The Balaban J connectivity index is 0.000000169. The standard InChI is InChI=1S/C11H9N.C6H6/c1-2-10-8-7-9-5-3-4-6-11(9)12-10;1-2-4-6-5-3-1/h2-8H,1H2;1-6H. The van der Waals surface area contributed by atoms with E-state index in [1.165, 1.54) is 5.39 Å². The summed E-state index contributed by atoms with van der Waals surface area (Å²) in [5.74, 6) is 0. The van der Waals surface area contributed by atoms with Crippen molar-refractivity contribution in [1.29, 1.82) is 0 Å². The smallest absolute Gasteiger partial charge is 0.0709 e. The fourth-order valence-electron chi connectivity index (χ4n) is 1.58. The van der Waals surface area contributed by atoms with E-state index < -0.39 is 0 Å². The molecule has 0 aliphatic rings. The van der Waals surface area contributed by atoms with E-state index in [1.54, 1.807) is 6.08 Å². The summed E-state index contributed by atoms with van der Waals surface area (Å²) in [4.78, 5) is 4.38. The van der Waals surface area contributed by atoms with Crippen molar-refractivity contribution in [3.05, 3.63) is 85.1 Å². The van der Waals surface area contributed by atoms with Gasteiger partial charge in [-0.1, -0.05) is 67.2 Å². The lowest BCUT2D eigenvalue weighted by atomic mass is 10.2. The van der Waals surface area contributed by atoms with E-state index in [4.69, 9.17) is 0 Å². The number of para-hydroxylation sites is 1. The molecule has 0 bridgehead atoms. The first-order valence-corrected chi connectivity index (χ1v) is 5.88. The van der Waals surface area contributed by atoms with Gasteiger partial charge in [0.15, 0.2) is 0 Å². The molecule has 2 aromatic carbocycles. The van der Waals surface area contributed by atoms with Crippen LogP contribution in [0.2, 0.25) is 0 Å². The van der Waals surface area contributed by atoms with Crippen molar-refractivity contribution in [2.75, 3.05) is 0 Å². The maximum atomic E-state index is 4.38. The van der Waals surface area contributed by atoms with Crippen molar-refractivity contribution in [3.8, 4) is 0 Å². The molecule has 0 aliphatic carbocycles. The highest BCUT2D eigenvalue weighted by Crippen LogP contribution is 2.11. The van der Waals surface area contributed by atoms with Crippen LogP contribution < -0.4 is 0 Å².